The Labute approximate surface area is 134 Å². The summed E-state index contributed by atoms with van der Waals surface area (Å²) in [5.74, 6) is -0.490. The number of nitrogens with one attached hydrogen (secondary N) is 1. The number of carbonyl (C=O) groups excluding carboxylic acids is 1. The van der Waals surface area contributed by atoms with Crippen LogP contribution in [-0.4, -0.2) is 28.6 Å². The van der Waals surface area contributed by atoms with Crippen LogP contribution in [0.25, 0.3) is 10.8 Å². The molecule has 0 aliphatic carbocycles. The second kappa shape index (κ2) is 5.75. The Morgan fingerprint density at radius 3 is 2.58 bits per heavy atom. The minimum Gasteiger partial charge on any atom is -0.288 e. The highest BCUT2D eigenvalue weighted by molar-refractivity contribution is 5.88. The number of nitrogens with zero attached hydrogens (tertiary/aromatic N) is 2. The van der Waals surface area contributed by atoms with Crippen LogP contribution in [0.3, 0.4) is 0 Å². The topological polar surface area (TPSA) is 75.5 Å². The molecule has 6 nitrogen and oxygen atoms in total. The Balaban J connectivity index is 2.18. The number of halogens is 3. The van der Waals surface area contributed by atoms with Crippen LogP contribution in [0.1, 0.15) is 18.0 Å². The molecule has 24 heavy (non-hydrogen) atoms. The number of benzene rings is 2. The van der Waals surface area contributed by atoms with Gasteiger partial charge in [0.25, 0.3) is 5.69 Å². The molecule has 1 heterocycles. The molecule has 2 aromatic carbocycles. The number of non-ortho nitro benzene ring substituents is 1. The fourth-order valence-corrected chi connectivity index (χ4v) is 2.85. The third kappa shape index (κ3) is 2.90. The third-order valence-corrected chi connectivity index (χ3v) is 3.87. The quantitative estimate of drug-likeness (QED) is 0.689. The van der Waals surface area contributed by atoms with E-state index >= 15 is 0 Å². The average Bonchev–Trinajstić information content (AvgIpc) is 2.91. The summed E-state index contributed by atoms with van der Waals surface area (Å²) in [5, 5.41) is 12.4. The van der Waals surface area contributed by atoms with Crippen molar-refractivity contribution in [1.29, 1.82) is 0 Å². The molecule has 0 aromatic heterocycles. The van der Waals surface area contributed by atoms with Crippen molar-refractivity contribution in [2.75, 3.05) is 6.54 Å². The van der Waals surface area contributed by atoms with Crippen LogP contribution in [0.2, 0.25) is 0 Å². The van der Waals surface area contributed by atoms with Gasteiger partial charge in [-0.1, -0.05) is 18.2 Å². The zero-order valence-corrected chi connectivity index (χ0v) is 12.2. The lowest BCUT2D eigenvalue weighted by atomic mass is 9.97. The van der Waals surface area contributed by atoms with E-state index in [0.29, 0.717) is 5.39 Å². The van der Waals surface area contributed by atoms with Gasteiger partial charge in [-0.25, -0.2) is 5.01 Å². The summed E-state index contributed by atoms with van der Waals surface area (Å²) < 4.78 is 40.9. The third-order valence-electron chi connectivity index (χ3n) is 3.87. The van der Waals surface area contributed by atoms with Gasteiger partial charge in [-0.15, -0.1) is 0 Å². The summed E-state index contributed by atoms with van der Waals surface area (Å²) in [6.07, 6.45) is -4.69. The maximum absolute atomic E-state index is 13.6. The average molecular weight is 339 g/mol. The van der Waals surface area contributed by atoms with E-state index in [9.17, 15) is 28.1 Å². The van der Waals surface area contributed by atoms with Crippen molar-refractivity contribution in [2.24, 2.45) is 0 Å². The Morgan fingerprint density at radius 1 is 1.25 bits per heavy atom. The molecular formula is C15H12F3N3O3. The van der Waals surface area contributed by atoms with Gasteiger partial charge in [-0.3, -0.25) is 20.3 Å². The second-order valence-electron chi connectivity index (χ2n) is 5.43. The predicted molar refractivity (Wildman–Crippen MR) is 78.9 cm³/mol. The molecule has 1 fully saturated rings. The van der Waals surface area contributed by atoms with Crippen molar-refractivity contribution < 1.29 is 22.9 Å². The van der Waals surface area contributed by atoms with Crippen LogP contribution in [0.15, 0.2) is 36.4 Å². The maximum atomic E-state index is 13.6. The molecule has 0 bridgehead atoms. The molecule has 126 valence electrons. The summed E-state index contributed by atoms with van der Waals surface area (Å²) in [6, 6.07) is 6.02. The van der Waals surface area contributed by atoms with E-state index in [2.05, 4.69) is 5.43 Å². The highest BCUT2D eigenvalue weighted by atomic mass is 19.4. The van der Waals surface area contributed by atoms with Gasteiger partial charge >= 0.3 is 6.18 Å². The van der Waals surface area contributed by atoms with Crippen molar-refractivity contribution in [3.05, 3.63) is 52.1 Å². The monoisotopic (exact) mass is 339 g/mol. The summed E-state index contributed by atoms with van der Waals surface area (Å²) in [7, 11) is 0. The molecule has 3 rings (SSSR count). The number of carbonyl (C=O) groups is 1. The Bertz CT molecular complexity index is 822. The largest absolute Gasteiger partial charge is 0.409 e. The molecule has 0 radical (unpaired) electrons. The summed E-state index contributed by atoms with van der Waals surface area (Å²) in [6.45, 7) is -0.0890. The molecular weight excluding hydrogens is 327 g/mol. The minimum atomic E-state index is -4.66. The molecule has 9 heteroatoms. The molecule has 1 aliphatic heterocycles. The number of rotatable bonds is 3. The molecule has 1 aliphatic rings. The SMILES string of the molecule is O=C1CCN([C@@H](c2cccc3ccc([N+](=O)[O-])cc23)C(F)(F)F)N1. The number of hydrogen-bond donors (Lipinski definition) is 1. The van der Waals surface area contributed by atoms with Gasteiger partial charge < -0.3 is 0 Å². The predicted octanol–water partition coefficient (Wildman–Crippen LogP) is 3.09. The van der Waals surface area contributed by atoms with Crippen LogP contribution < -0.4 is 5.43 Å². The lowest BCUT2D eigenvalue weighted by Crippen LogP contribution is -2.43. The van der Waals surface area contributed by atoms with Crippen LogP contribution in [-0.2, 0) is 4.79 Å². The van der Waals surface area contributed by atoms with E-state index < -0.39 is 23.0 Å². The van der Waals surface area contributed by atoms with Gasteiger partial charge in [-0.05, 0) is 22.4 Å². The van der Waals surface area contributed by atoms with Gasteiger partial charge in [0.05, 0.1) is 4.92 Å². The van der Waals surface area contributed by atoms with Gasteiger partial charge in [0.15, 0.2) is 6.04 Å². The van der Waals surface area contributed by atoms with Crippen molar-refractivity contribution in [1.82, 2.24) is 10.4 Å². The van der Waals surface area contributed by atoms with Gasteiger partial charge in [-0.2, -0.15) is 13.2 Å². The Hall–Kier alpha value is -2.68. The molecule has 1 N–H and O–H groups in total. The summed E-state index contributed by atoms with van der Waals surface area (Å²) in [4.78, 5) is 21.6. The number of fused-ring (bicyclic) bond motifs is 1. The minimum absolute atomic E-state index is 0.0303. The lowest BCUT2D eigenvalue weighted by Gasteiger charge is -2.30. The van der Waals surface area contributed by atoms with Crippen LogP contribution in [0.5, 0.6) is 0 Å². The van der Waals surface area contributed by atoms with E-state index in [-0.39, 0.29) is 29.6 Å². The van der Waals surface area contributed by atoms with E-state index in [4.69, 9.17) is 0 Å². The van der Waals surface area contributed by atoms with Crippen LogP contribution in [0.4, 0.5) is 18.9 Å². The first kappa shape index (κ1) is 16.2. The zero-order chi connectivity index (χ0) is 17.5. The number of amides is 1. The number of nitro groups is 1. The summed E-state index contributed by atoms with van der Waals surface area (Å²) in [5.41, 5.74) is 1.78. The van der Waals surface area contributed by atoms with Crippen molar-refractivity contribution in [2.45, 2.75) is 18.6 Å². The van der Waals surface area contributed by atoms with Crippen molar-refractivity contribution in [3.8, 4) is 0 Å². The first-order valence-corrected chi connectivity index (χ1v) is 7.07. The van der Waals surface area contributed by atoms with Gasteiger partial charge in [0, 0.05) is 25.1 Å². The van der Waals surface area contributed by atoms with Gasteiger partial charge in [0.1, 0.15) is 0 Å². The highest BCUT2D eigenvalue weighted by Gasteiger charge is 2.47. The Kier molecular flexibility index (Phi) is 3.88. The fourth-order valence-electron chi connectivity index (χ4n) is 2.85. The van der Waals surface area contributed by atoms with E-state index in [1.807, 2.05) is 0 Å². The number of alkyl halides is 3. The lowest BCUT2D eigenvalue weighted by molar-refractivity contribution is -0.384. The highest BCUT2D eigenvalue weighted by Crippen LogP contribution is 2.41. The van der Waals surface area contributed by atoms with Crippen LogP contribution in [0, 0.1) is 10.1 Å². The van der Waals surface area contributed by atoms with Crippen molar-refractivity contribution in [3.63, 3.8) is 0 Å². The smallest absolute Gasteiger partial charge is 0.288 e. The zero-order valence-electron chi connectivity index (χ0n) is 12.2. The molecule has 1 saturated heterocycles. The number of hydrazine groups is 1. The number of hydrogen-bond acceptors (Lipinski definition) is 4. The van der Waals surface area contributed by atoms with E-state index in [1.54, 1.807) is 6.07 Å². The van der Waals surface area contributed by atoms with Crippen LogP contribution >= 0.6 is 0 Å². The molecule has 1 amide bonds. The molecule has 2 aromatic rings. The second-order valence-corrected chi connectivity index (χ2v) is 5.43. The standard InChI is InChI=1S/C15H12F3N3O3/c16-15(17,18)14(20-7-6-13(22)19-20)11-3-1-2-9-4-5-10(21(23)24)8-12(9)11/h1-5,8,14H,6-7H2,(H,19,22)/t14-/m0/s1. The first-order chi connectivity index (χ1) is 11.3. The number of nitro benzene ring substituents is 1. The van der Waals surface area contributed by atoms with Gasteiger partial charge in [0.2, 0.25) is 5.91 Å². The normalized spacial score (nSPS) is 17.0. The fraction of sp³-hybridized carbons (Fsp3) is 0.267. The molecule has 0 spiro atoms. The summed E-state index contributed by atoms with van der Waals surface area (Å²) >= 11 is 0. The molecule has 1 atom stereocenters. The van der Waals surface area contributed by atoms with E-state index in [0.717, 1.165) is 11.1 Å². The van der Waals surface area contributed by atoms with Crippen molar-refractivity contribution >= 4 is 22.4 Å². The Morgan fingerprint density at radius 2 is 2.00 bits per heavy atom. The molecule has 0 saturated carbocycles. The molecule has 0 unspecified atom stereocenters. The van der Waals surface area contributed by atoms with E-state index in [1.165, 1.54) is 24.3 Å². The first-order valence-electron chi connectivity index (χ1n) is 7.07. The maximum Gasteiger partial charge on any atom is 0.409 e.